The average molecular weight is 367 g/mol. The second-order valence-electron chi connectivity index (χ2n) is 6.46. The van der Waals surface area contributed by atoms with Crippen LogP contribution in [0, 0.1) is 13.8 Å². The largest absolute Gasteiger partial charge is 0.490 e. The first-order chi connectivity index (χ1) is 13.0. The number of aryl methyl sites for hydroxylation is 2. The summed E-state index contributed by atoms with van der Waals surface area (Å²) in [5.41, 5.74) is 4.03. The summed E-state index contributed by atoms with van der Waals surface area (Å²) in [5.74, 6) is 1.27. The van der Waals surface area contributed by atoms with Crippen molar-refractivity contribution in [1.29, 1.82) is 0 Å². The molecule has 4 nitrogen and oxygen atoms in total. The van der Waals surface area contributed by atoms with Crippen molar-refractivity contribution in [3.63, 3.8) is 0 Å². The van der Waals surface area contributed by atoms with Gasteiger partial charge in [-0.2, -0.15) is 0 Å². The van der Waals surface area contributed by atoms with Crippen molar-refractivity contribution in [2.45, 2.75) is 40.5 Å². The predicted octanol–water partition coefficient (Wildman–Crippen LogP) is 5.53. The Morgan fingerprint density at radius 3 is 2.52 bits per heavy atom. The van der Waals surface area contributed by atoms with Gasteiger partial charge in [0, 0.05) is 11.8 Å². The fourth-order valence-corrected chi connectivity index (χ4v) is 2.52. The molecular formula is C23H29NO3. The molecule has 0 spiro atoms. The van der Waals surface area contributed by atoms with Crippen molar-refractivity contribution in [1.82, 2.24) is 0 Å². The molecule has 0 unspecified atom stereocenters. The van der Waals surface area contributed by atoms with Gasteiger partial charge in [0.1, 0.15) is 0 Å². The van der Waals surface area contributed by atoms with Crippen LogP contribution in [0.3, 0.4) is 0 Å². The van der Waals surface area contributed by atoms with E-state index in [0.29, 0.717) is 19.0 Å². The molecular weight excluding hydrogens is 338 g/mol. The van der Waals surface area contributed by atoms with Gasteiger partial charge in [-0.1, -0.05) is 25.5 Å². The predicted molar refractivity (Wildman–Crippen MR) is 112 cm³/mol. The summed E-state index contributed by atoms with van der Waals surface area (Å²) in [6, 6.07) is 11.6. The quantitative estimate of drug-likeness (QED) is 0.468. The first kappa shape index (κ1) is 20.6. The number of benzene rings is 2. The summed E-state index contributed by atoms with van der Waals surface area (Å²) in [6.45, 7) is 9.38. The van der Waals surface area contributed by atoms with E-state index in [1.165, 1.54) is 11.6 Å². The Labute approximate surface area is 162 Å². The normalized spacial score (nSPS) is 10.8. The number of amides is 1. The number of carbonyl (C=O) groups excluding carboxylic acids is 1. The van der Waals surface area contributed by atoms with Crippen LogP contribution in [0.2, 0.25) is 0 Å². The fourth-order valence-electron chi connectivity index (χ4n) is 2.52. The van der Waals surface area contributed by atoms with E-state index in [2.05, 4.69) is 12.2 Å². The van der Waals surface area contributed by atoms with Gasteiger partial charge in [-0.05, 0) is 74.2 Å². The lowest BCUT2D eigenvalue weighted by Gasteiger charge is -2.12. The zero-order valence-corrected chi connectivity index (χ0v) is 16.7. The fraction of sp³-hybridized carbons (Fsp3) is 0.348. The van der Waals surface area contributed by atoms with Gasteiger partial charge in [-0.15, -0.1) is 0 Å². The third kappa shape index (κ3) is 6.48. The van der Waals surface area contributed by atoms with Crippen LogP contribution in [0.4, 0.5) is 5.69 Å². The molecule has 0 bridgehead atoms. The van der Waals surface area contributed by atoms with Crippen molar-refractivity contribution in [2.75, 3.05) is 18.5 Å². The maximum absolute atomic E-state index is 12.2. The number of unbranched alkanes of at least 4 members (excludes halogenated alkanes) is 1. The van der Waals surface area contributed by atoms with Crippen LogP contribution in [-0.4, -0.2) is 19.1 Å². The van der Waals surface area contributed by atoms with Gasteiger partial charge < -0.3 is 14.8 Å². The van der Waals surface area contributed by atoms with Crippen LogP contribution < -0.4 is 14.8 Å². The average Bonchev–Trinajstić information content (AvgIpc) is 2.65. The molecule has 0 heterocycles. The Morgan fingerprint density at radius 1 is 1.00 bits per heavy atom. The lowest BCUT2D eigenvalue weighted by molar-refractivity contribution is -0.111. The molecule has 0 saturated heterocycles. The third-order valence-electron chi connectivity index (χ3n) is 4.22. The molecule has 0 atom stereocenters. The summed E-state index contributed by atoms with van der Waals surface area (Å²) in [6.07, 6.45) is 5.39. The highest BCUT2D eigenvalue weighted by Gasteiger charge is 2.06. The number of carbonyl (C=O) groups is 1. The molecule has 2 rings (SSSR count). The van der Waals surface area contributed by atoms with Gasteiger partial charge in [-0.25, -0.2) is 0 Å². The maximum Gasteiger partial charge on any atom is 0.248 e. The van der Waals surface area contributed by atoms with E-state index in [4.69, 9.17) is 9.47 Å². The second-order valence-corrected chi connectivity index (χ2v) is 6.46. The van der Waals surface area contributed by atoms with E-state index in [-0.39, 0.29) is 5.91 Å². The van der Waals surface area contributed by atoms with E-state index in [1.54, 1.807) is 6.08 Å². The van der Waals surface area contributed by atoms with Gasteiger partial charge in [0.2, 0.25) is 5.91 Å². The van der Waals surface area contributed by atoms with Crippen LogP contribution in [0.5, 0.6) is 11.5 Å². The van der Waals surface area contributed by atoms with Gasteiger partial charge in [0.15, 0.2) is 11.5 Å². The summed E-state index contributed by atoms with van der Waals surface area (Å²) < 4.78 is 11.5. The molecule has 144 valence electrons. The second kappa shape index (κ2) is 10.4. The Hall–Kier alpha value is -2.75. The number of hydrogen-bond acceptors (Lipinski definition) is 3. The lowest BCUT2D eigenvalue weighted by atomic mass is 10.1. The van der Waals surface area contributed by atoms with Crippen molar-refractivity contribution in [3.8, 4) is 11.5 Å². The van der Waals surface area contributed by atoms with Gasteiger partial charge in [-0.3, -0.25) is 4.79 Å². The number of ether oxygens (including phenoxy) is 2. The van der Waals surface area contributed by atoms with Crippen molar-refractivity contribution in [3.05, 3.63) is 59.2 Å². The summed E-state index contributed by atoms with van der Waals surface area (Å²) in [5, 5.41) is 2.88. The molecule has 1 amide bonds. The number of nitrogens with one attached hydrogen (secondary N) is 1. The molecule has 0 radical (unpaired) electrons. The molecule has 0 aliphatic carbocycles. The van der Waals surface area contributed by atoms with Crippen LogP contribution >= 0.6 is 0 Å². The Bertz CT molecular complexity index is 796. The molecule has 2 aromatic carbocycles. The van der Waals surface area contributed by atoms with Crippen molar-refractivity contribution < 1.29 is 14.3 Å². The number of anilines is 1. The van der Waals surface area contributed by atoms with E-state index in [9.17, 15) is 4.79 Å². The summed E-state index contributed by atoms with van der Waals surface area (Å²) in [7, 11) is 0. The van der Waals surface area contributed by atoms with Crippen molar-refractivity contribution >= 4 is 17.7 Å². The molecule has 0 saturated carbocycles. The monoisotopic (exact) mass is 367 g/mol. The molecule has 0 aliphatic heterocycles. The lowest BCUT2D eigenvalue weighted by Crippen LogP contribution is -2.08. The molecule has 27 heavy (non-hydrogen) atoms. The molecule has 2 aromatic rings. The molecule has 0 fully saturated rings. The minimum Gasteiger partial charge on any atom is -0.490 e. The van der Waals surface area contributed by atoms with Gasteiger partial charge >= 0.3 is 0 Å². The Morgan fingerprint density at radius 2 is 1.81 bits per heavy atom. The number of rotatable bonds is 9. The van der Waals surface area contributed by atoms with Crippen LogP contribution in [0.1, 0.15) is 43.4 Å². The minimum atomic E-state index is -0.167. The van der Waals surface area contributed by atoms with Crippen LogP contribution in [-0.2, 0) is 4.79 Å². The van der Waals surface area contributed by atoms with E-state index >= 15 is 0 Å². The maximum atomic E-state index is 12.2. The highest BCUT2D eigenvalue weighted by molar-refractivity contribution is 6.02. The van der Waals surface area contributed by atoms with E-state index in [0.717, 1.165) is 35.4 Å². The molecule has 0 aliphatic rings. The third-order valence-corrected chi connectivity index (χ3v) is 4.22. The zero-order chi connectivity index (χ0) is 19.6. The van der Waals surface area contributed by atoms with Gasteiger partial charge in [0.05, 0.1) is 13.2 Å². The SMILES string of the molecule is CCCCOc1ccc(/C=C/C(=O)Nc2ccc(C)c(C)c2)cc1OCC. The zero-order valence-electron chi connectivity index (χ0n) is 16.7. The standard InChI is InChI=1S/C23H29NO3/c1-5-7-14-27-21-12-9-19(16-22(21)26-6-2)10-13-23(25)24-20-11-8-17(3)18(4)15-20/h8-13,15-16H,5-7,14H2,1-4H3,(H,24,25)/b13-10+. The smallest absolute Gasteiger partial charge is 0.248 e. The van der Waals surface area contributed by atoms with Gasteiger partial charge in [0.25, 0.3) is 0 Å². The molecule has 4 heteroatoms. The first-order valence-electron chi connectivity index (χ1n) is 9.49. The van der Waals surface area contributed by atoms with E-state index in [1.807, 2.05) is 57.2 Å². The van der Waals surface area contributed by atoms with Crippen LogP contribution in [0.15, 0.2) is 42.5 Å². The molecule has 0 aromatic heterocycles. The Kier molecular flexibility index (Phi) is 7.93. The summed E-state index contributed by atoms with van der Waals surface area (Å²) in [4.78, 5) is 12.2. The molecule has 1 N–H and O–H groups in total. The van der Waals surface area contributed by atoms with Crippen molar-refractivity contribution in [2.24, 2.45) is 0 Å². The highest BCUT2D eigenvalue weighted by Crippen LogP contribution is 2.29. The van der Waals surface area contributed by atoms with Crippen LogP contribution in [0.25, 0.3) is 6.08 Å². The minimum absolute atomic E-state index is 0.167. The van der Waals surface area contributed by atoms with E-state index < -0.39 is 0 Å². The Balaban J connectivity index is 2.04. The topological polar surface area (TPSA) is 47.6 Å². The first-order valence-corrected chi connectivity index (χ1v) is 9.49. The number of hydrogen-bond donors (Lipinski definition) is 1. The summed E-state index contributed by atoms with van der Waals surface area (Å²) >= 11 is 0. The highest BCUT2D eigenvalue weighted by atomic mass is 16.5.